The minimum atomic E-state index is -0.467. The predicted octanol–water partition coefficient (Wildman–Crippen LogP) is 3.33. The highest BCUT2D eigenvalue weighted by Crippen LogP contribution is 2.37. The number of hydrogen-bond donors (Lipinski definition) is 2. The highest BCUT2D eigenvalue weighted by Gasteiger charge is 2.34. The van der Waals surface area contributed by atoms with Crippen LogP contribution >= 0.6 is 11.6 Å². The summed E-state index contributed by atoms with van der Waals surface area (Å²) in [6.07, 6.45) is 0.374. The summed E-state index contributed by atoms with van der Waals surface area (Å²) in [6.45, 7) is 4.85. The zero-order chi connectivity index (χ0) is 19.5. The van der Waals surface area contributed by atoms with Crippen molar-refractivity contribution >= 4 is 23.2 Å². The van der Waals surface area contributed by atoms with Gasteiger partial charge in [0.25, 0.3) is 5.91 Å². The van der Waals surface area contributed by atoms with Crippen LogP contribution in [0, 0.1) is 0 Å². The molecule has 2 aliphatic rings. The van der Waals surface area contributed by atoms with E-state index >= 15 is 0 Å². The molecule has 0 unspecified atom stereocenters. The smallest absolute Gasteiger partial charge is 0.257 e. The Kier molecular flexibility index (Phi) is 5.71. The van der Waals surface area contributed by atoms with Crippen molar-refractivity contribution in [3.05, 3.63) is 58.6 Å². The van der Waals surface area contributed by atoms with Crippen LogP contribution in [-0.4, -0.2) is 60.2 Å². The molecule has 0 saturated carbocycles. The average molecular weight is 402 g/mol. The SMILES string of the molecule is O=C1c2ccccc2N[C@H](c2cc(Cl)ccc2O)N1CCCN1CCOCC1. The number of para-hydroxylation sites is 1. The summed E-state index contributed by atoms with van der Waals surface area (Å²) in [5.41, 5.74) is 2.01. The van der Waals surface area contributed by atoms with E-state index in [1.54, 1.807) is 23.1 Å². The molecule has 0 bridgehead atoms. The van der Waals surface area contributed by atoms with Crippen LogP contribution in [0.2, 0.25) is 5.02 Å². The molecule has 148 valence electrons. The van der Waals surface area contributed by atoms with Gasteiger partial charge in [0.1, 0.15) is 11.9 Å². The van der Waals surface area contributed by atoms with Crippen molar-refractivity contribution in [2.45, 2.75) is 12.6 Å². The Hall–Kier alpha value is -2.28. The Morgan fingerprint density at radius 2 is 1.93 bits per heavy atom. The number of benzene rings is 2. The lowest BCUT2D eigenvalue weighted by Gasteiger charge is -2.39. The van der Waals surface area contributed by atoms with Crippen molar-refractivity contribution in [3.8, 4) is 5.75 Å². The number of nitrogens with zero attached hydrogens (tertiary/aromatic N) is 2. The number of carbonyl (C=O) groups excluding carboxylic acids is 1. The zero-order valence-corrected chi connectivity index (χ0v) is 16.4. The Morgan fingerprint density at radius 3 is 2.75 bits per heavy atom. The monoisotopic (exact) mass is 401 g/mol. The molecule has 1 amide bonds. The van der Waals surface area contributed by atoms with E-state index in [9.17, 15) is 9.90 Å². The van der Waals surface area contributed by atoms with E-state index in [1.807, 2.05) is 24.3 Å². The molecule has 0 spiro atoms. The molecular formula is C21H24ClN3O3. The first kappa shape index (κ1) is 19.1. The van der Waals surface area contributed by atoms with E-state index in [0.29, 0.717) is 22.7 Å². The average Bonchev–Trinajstić information content (AvgIpc) is 2.72. The fourth-order valence-electron chi connectivity index (χ4n) is 3.80. The van der Waals surface area contributed by atoms with Crippen LogP contribution < -0.4 is 5.32 Å². The molecule has 2 aliphatic heterocycles. The molecule has 2 aromatic rings. The standard InChI is InChI=1S/C21H24ClN3O3/c22-15-6-7-19(26)17(14-15)20-23-18-5-2-1-4-16(18)21(27)25(20)9-3-8-24-10-12-28-13-11-24/h1-2,4-7,14,20,23,26H,3,8-13H2/t20-/m0/s1. The number of aromatic hydroxyl groups is 1. The second kappa shape index (κ2) is 8.39. The maximum absolute atomic E-state index is 13.2. The Labute approximate surface area is 169 Å². The first-order valence-electron chi connectivity index (χ1n) is 9.58. The molecule has 1 atom stereocenters. The summed E-state index contributed by atoms with van der Waals surface area (Å²) in [6, 6.07) is 12.4. The molecule has 2 aromatic carbocycles. The second-order valence-corrected chi connectivity index (χ2v) is 7.54. The van der Waals surface area contributed by atoms with E-state index in [2.05, 4.69) is 10.2 Å². The van der Waals surface area contributed by atoms with Gasteiger partial charge in [-0.05, 0) is 36.8 Å². The van der Waals surface area contributed by atoms with Gasteiger partial charge in [0.2, 0.25) is 0 Å². The number of fused-ring (bicyclic) bond motifs is 1. The third-order valence-electron chi connectivity index (χ3n) is 5.28. The van der Waals surface area contributed by atoms with Gasteiger partial charge in [0, 0.05) is 42.5 Å². The molecule has 0 radical (unpaired) electrons. The van der Waals surface area contributed by atoms with Crippen LogP contribution in [-0.2, 0) is 4.74 Å². The number of nitrogens with one attached hydrogen (secondary N) is 1. The minimum absolute atomic E-state index is 0.0410. The quantitative estimate of drug-likeness (QED) is 0.804. The van der Waals surface area contributed by atoms with Gasteiger partial charge in [-0.15, -0.1) is 0 Å². The number of anilines is 1. The van der Waals surface area contributed by atoms with Gasteiger partial charge in [-0.3, -0.25) is 9.69 Å². The minimum Gasteiger partial charge on any atom is -0.508 e. The summed E-state index contributed by atoms with van der Waals surface area (Å²) in [4.78, 5) is 17.4. The number of ether oxygens (including phenoxy) is 1. The van der Waals surface area contributed by atoms with E-state index in [0.717, 1.165) is 45.0 Å². The van der Waals surface area contributed by atoms with Gasteiger partial charge in [-0.2, -0.15) is 0 Å². The molecule has 7 heteroatoms. The van der Waals surface area contributed by atoms with Crippen LogP contribution in [0.15, 0.2) is 42.5 Å². The van der Waals surface area contributed by atoms with Gasteiger partial charge in [-0.25, -0.2) is 0 Å². The Balaban J connectivity index is 1.58. The van der Waals surface area contributed by atoms with Gasteiger partial charge < -0.3 is 20.1 Å². The zero-order valence-electron chi connectivity index (χ0n) is 15.6. The lowest BCUT2D eigenvalue weighted by atomic mass is 10.0. The van der Waals surface area contributed by atoms with Crippen molar-refractivity contribution < 1.29 is 14.6 Å². The summed E-state index contributed by atoms with van der Waals surface area (Å²) in [5, 5.41) is 14.3. The molecule has 1 saturated heterocycles. The second-order valence-electron chi connectivity index (χ2n) is 7.10. The van der Waals surface area contributed by atoms with E-state index in [4.69, 9.17) is 16.3 Å². The van der Waals surface area contributed by atoms with Crippen LogP contribution in [0.25, 0.3) is 0 Å². The van der Waals surface area contributed by atoms with Gasteiger partial charge in [0.05, 0.1) is 18.8 Å². The summed E-state index contributed by atoms with van der Waals surface area (Å²) in [7, 11) is 0. The highest BCUT2D eigenvalue weighted by atomic mass is 35.5. The predicted molar refractivity (Wildman–Crippen MR) is 109 cm³/mol. The highest BCUT2D eigenvalue weighted by molar-refractivity contribution is 6.30. The van der Waals surface area contributed by atoms with Gasteiger partial charge >= 0.3 is 0 Å². The molecule has 2 N–H and O–H groups in total. The Bertz CT molecular complexity index is 855. The Morgan fingerprint density at radius 1 is 1.14 bits per heavy atom. The lowest BCUT2D eigenvalue weighted by Crippen LogP contribution is -2.44. The third-order valence-corrected chi connectivity index (χ3v) is 5.52. The maximum Gasteiger partial charge on any atom is 0.257 e. The molecule has 6 nitrogen and oxygen atoms in total. The molecule has 1 fully saturated rings. The molecule has 2 heterocycles. The number of halogens is 1. The number of amides is 1. The molecular weight excluding hydrogens is 378 g/mol. The van der Waals surface area contributed by atoms with Gasteiger partial charge in [-0.1, -0.05) is 23.7 Å². The van der Waals surface area contributed by atoms with Crippen LogP contribution in [0.3, 0.4) is 0 Å². The largest absolute Gasteiger partial charge is 0.508 e. The molecule has 0 aromatic heterocycles. The fourth-order valence-corrected chi connectivity index (χ4v) is 3.98. The summed E-state index contributed by atoms with van der Waals surface area (Å²) >= 11 is 6.17. The van der Waals surface area contributed by atoms with Crippen molar-refractivity contribution in [2.75, 3.05) is 44.7 Å². The first-order valence-corrected chi connectivity index (χ1v) is 9.96. The number of phenols is 1. The van der Waals surface area contributed by atoms with Crippen molar-refractivity contribution in [1.29, 1.82) is 0 Å². The number of morpholine rings is 1. The first-order chi connectivity index (χ1) is 13.6. The fraction of sp³-hybridized carbons (Fsp3) is 0.381. The summed E-state index contributed by atoms with van der Waals surface area (Å²) < 4.78 is 5.39. The number of phenolic OH excluding ortho intramolecular Hbond substituents is 1. The summed E-state index contributed by atoms with van der Waals surface area (Å²) in [5.74, 6) is 0.0768. The normalized spacial score (nSPS) is 20.0. The third kappa shape index (κ3) is 3.94. The van der Waals surface area contributed by atoms with Crippen molar-refractivity contribution in [3.63, 3.8) is 0 Å². The van der Waals surface area contributed by atoms with Crippen molar-refractivity contribution in [1.82, 2.24) is 9.80 Å². The lowest BCUT2D eigenvalue weighted by molar-refractivity contribution is 0.0348. The van der Waals surface area contributed by atoms with E-state index in [-0.39, 0.29) is 11.7 Å². The number of hydrogen-bond acceptors (Lipinski definition) is 5. The van der Waals surface area contributed by atoms with Crippen LogP contribution in [0.1, 0.15) is 28.5 Å². The van der Waals surface area contributed by atoms with Gasteiger partial charge in [0.15, 0.2) is 0 Å². The van der Waals surface area contributed by atoms with Crippen molar-refractivity contribution in [2.24, 2.45) is 0 Å². The topological polar surface area (TPSA) is 65.0 Å². The van der Waals surface area contributed by atoms with Crippen LogP contribution in [0.5, 0.6) is 5.75 Å². The molecule has 4 rings (SSSR count). The van der Waals surface area contributed by atoms with E-state index in [1.165, 1.54) is 0 Å². The number of carbonyl (C=O) groups is 1. The maximum atomic E-state index is 13.2. The number of rotatable bonds is 5. The van der Waals surface area contributed by atoms with E-state index < -0.39 is 6.17 Å². The molecule has 28 heavy (non-hydrogen) atoms. The van der Waals surface area contributed by atoms with Crippen LogP contribution in [0.4, 0.5) is 5.69 Å². The molecule has 0 aliphatic carbocycles.